The highest BCUT2D eigenvalue weighted by Gasteiger charge is 2.64. The largest absolute Gasteiger partial charge is 0.433 e. The van der Waals surface area contributed by atoms with Crippen LogP contribution in [-0.2, 0) is 22.7 Å². The lowest BCUT2D eigenvalue weighted by Crippen LogP contribution is -2.62. The topological polar surface area (TPSA) is 117 Å². The molecule has 7 rings (SSSR count). The van der Waals surface area contributed by atoms with Gasteiger partial charge in [0.15, 0.2) is 0 Å². The Morgan fingerprint density at radius 1 is 1.06 bits per heavy atom. The number of hydrogen-bond acceptors (Lipinski definition) is 7. The highest BCUT2D eigenvalue weighted by molar-refractivity contribution is 6.07. The van der Waals surface area contributed by atoms with Gasteiger partial charge in [-0.25, -0.2) is 0 Å². The number of fused-ring (bicyclic) bond motifs is 1. The van der Waals surface area contributed by atoms with E-state index in [4.69, 9.17) is 4.42 Å². The van der Waals surface area contributed by atoms with Gasteiger partial charge >= 0.3 is 5.88 Å². The number of aliphatic hydroxyl groups excluding tert-OH is 1. The summed E-state index contributed by atoms with van der Waals surface area (Å²) in [6.07, 6.45) is 4.21. The molecule has 1 aromatic carbocycles. The van der Waals surface area contributed by atoms with Crippen LogP contribution in [0.1, 0.15) is 29.7 Å². The highest BCUT2D eigenvalue weighted by Crippen LogP contribution is 2.58. The molecule has 1 saturated carbocycles. The fourth-order valence-electron chi connectivity index (χ4n) is 6.33. The van der Waals surface area contributed by atoms with Crippen LogP contribution < -0.4 is 0 Å². The van der Waals surface area contributed by atoms with Gasteiger partial charge in [-0.3, -0.25) is 29.5 Å². The molecule has 2 amide bonds. The zero-order valence-electron chi connectivity index (χ0n) is 18.7. The number of likely N-dealkylation sites (tertiary alicyclic amines) is 1. The lowest BCUT2D eigenvalue weighted by atomic mass is 9.61. The van der Waals surface area contributed by atoms with Gasteiger partial charge in [0.2, 0.25) is 11.8 Å². The number of benzene rings is 1. The van der Waals surface area contributed by atoms with Crippen molar-refractivity contribution in [1.29, 1.82) is 0 Å². The molecule has 2 aliphatic carbocycles. The van der Waals surface area contributed by atoms with Crippen molar-refractivity contribution in [2.24, 2.45) is 23.7 Å². The molecule has 5 unspecified atom stereocenters. The minimum atomic E-state index is -0.553. The van der Waals surface area contributed by atoms with Gasteiger partial charge in [0.1, 0.15) is 10.7 Å². The summed E-state index contributed by atoms with van der Waals surface area (Å²) in [6.45, 7) is 0.305. The van der Waals surface area contributed by atoms with E-state index in [9.17, 15) is 24.8 Å². The molecule has 0 spiro atoms. The Bertz CT molecular complexity index is 1210. The smallest absolute Gasteiger partial charge is 0.404 e. The first-order chi connectivity index (χ1) is 16.4. The van der Waals surface area contributed by atoms with Gasteiger partial charge in [-0.15, -0.1) is 0 Å². The van der Waals surface area contributed by atoms with Crippen LogP contribution in [0, 0.1) is 33.8 Å². The average Bonchev–Trinajstić information content (AvgIpc) is 3.53. The van der Waals surface area contributed by atoms with Crippen molar-refractivity contribution in [3.8, 4) is 0 Å². The molecule has 2 saturated heterocycles. The molecule has 2 bridgehead atoms. The van der Waals surface area contributed by atoms with E-state index in [0.29, 0.717) is 18.2 Å². The summed E-state index contributed by atoms with van der Waals surface area (Å²) in [4.78, 5) is 40.5. The van der Waals surface area contributed by atoms with Crippen LogP contribution in [0.25, 0.3) is 5.57 Å². The van der Waals surface area contributed by atoms with E-state index in [1.165, 1.54) is 11.0 Å². The standard InChI is InChI=1S/C25H25N3O6/c1-26-24(30)21-18-10-17(14-4-2-13(12-29)3-5-14)20(22(21)25(26)31)23(15-6-7-15)27(18)11-16-8-9-19(34-16)28(32)33/h2-5,8-10,15,18,20-23,29H,6-7,11-12H2,1H3. The van der Waals surface area contributed by atoms with Crippen LogP contribution in [-0.4, -0.2) is 50.8 Å². The molecular weight excluding hydrogens is 438 g/mol. The second-order valence-electron chi connectivity index (χ2n) is 9.78. The Morgan fingerprint density at radius 3 is 2.38 bits per heavy atom. The third kappa shape index (κ3) is 3.07. The van der Waals surface area contributed by atoms with Crippen molar-refractivity contribution in [3.05, 3.63) is 69.5 Å². The molecule has 1 aromatic heterocycles. The van der Waals surface area contributed by atoms with E-state index < -0.39 is 16.8 Å². The predicted molar refractivity (Wildman–Crippen MR) is 120 cm³/mol. The summed E-state index contributed by atoms with van der Waals surface area (Å²) in [5.74, 6) is -0.752. The number of carbonyl (C=O) groups excluding carboxylic acids is 2. The summed E-state index contributed by atoms with van der Waals surface area (Å²) in [5, 5.41) is 20.5. The molecule has 176 valence electrons. The maximum absolute atomic E-state index is 13.3. The summed E-state index contributed by atoms with van der Waals surface area (Å²) >= 11 is 0. The number of amides is 2. The van der Waals surface area contributed by atoms with Crippen molar-refractivity contribution in [3.63, 3.8) is 0 Å². The van der Waals surface area contributed by atoms with Crippen molar-refractivity contribution < 1.29 is 24.0 Å². The molecule has 2 aromatic rings. The average molecular weight is 463 g/mol. The minimum absolute atomic E-state index is 0.0381. The first kappa shape index (κ1) is 21.2. The first-order valence-corrected chi connectivity index (χ1v) is 11.6. The minimum Gasteiger partial charge on any atom is -0.404 e. The van der Waals surface area contributed by atoms with Crippen molar-refractivity contribution in [2.45, 2.75) is 38.1 Å². The maximum Gasteiger partial charge on any atom is 0.433 e. The number of imide groups is 1. The third-order valence-corrected chi connectivity index (χ3v) is 7.96. The molecule has 0 radical (unpaired) electrons. The van der Waals surface area contributed by atoms with Gasteiger partial charge in [-0.1, -0.05) is 30.3 Å². The van der Waals surface area contributed by atoms with Crippen molar-refractivity contribution >= 4 is 23.3 Å². The van der Waals surface area contributed by atoms with Crippen LogP contribution in [0.2, 0.25) is 0 Å². The van der Waals surface area contributed by atoms with Crippen molar-refractivity contribution in [2.75, 3.05) is 7.05 Å². The molecule has 5 aliphatic rings. The molecule has 1 N–H and O–H groups in total. The Hall–Kier alpha value is -3.30. The Labute approximate surface area is 195 Å². The lowest BCUT2D eigenvalue weighted by Gasteiger charge is -2.55. The van der Waals surface area contributed by atoms with E-state index in [1.807, 2.05) is 24.3 Å². The quantitative estimate of drug-likeness (QED) is 0.397. The van der Waals surface area contributed by atoms with E-state index in [1.54, 1.807) is 13.1 Å². The number of furan rings is 1. The van der Waals surface area contributed by atoms with Gasteiger partial charge in [0.25, 0.3) is 0 Å². The summed E-state index contributed by atoms with van der Waals surface area (Å²) in [7, 11) is 1.56. The zero-order valence-corrected chi connectivity index (χ0v) is 18.7. The highest BCUT2D eigenvalue weighted by atomic mass is 16.6. The number of piperidine rings is 1. The number of rotatable bonds is 6. The fraction of sp³-hybridized carbons (Fsp3) is 0.440. The Kier molecular flexibility index (Phi) is 4.76. The van der Waals surface area contributed by atoms with E-state index in [0.717, 1.165) is 29.5 Å². The zero-order chi connectivity index (χ0) is 23.7. The van der Waals surface area contributed by atoms with Gasteiger partial charge in [0, 0.05) is 25.0 Å². The van der Waals surface area contributed by atoms with E-state index in [-0.39, 0.29) is 42.3 Å². The van der Waals surface area contributed by atoms with Crippen LogP contribution >= 0.6 is 0 Å². The lowest BCUT2D eigenvalue weighted by molar-refractivity contribution is -0.402. The third-order valence-electron chi connectivity index (χ3n) is 7.96. The van der Waals surface area contributed by atoms with E-state index in [2.05, 4.69) is 11.0 Å². The van der Waals surface area contributed by atoms with E-state index >= 15 is 0 Å². The second kappa shape index (κ2) is 7.61. The summed E-state index contributed by atoms with van der Waals surface area (Å²) in [6, 6.07) is 10.4. The van der Waals surface area contributed by atoms with Crippen LogP contribution in [0.3, 0.4) is 0 Å². The molecule has 5 atom stereocenters. The molecule has 3 fully saturated rings. The van der Waals surface area contributed by atoms with Crippen LogP contribution in [0.5, 0.6) is 0 Å². The fourth-order valence-corrected chi connectivity index (χ4v) is 6.33. The van der Waals surface area contributed by atoms with Crippen LogP contribution in [0.15, 0.2) is 46.9 Å². The molecule has 9 nitrogen and oxygen atoms in total. The Balaban J connectivity index is 1.45. The van der Waals surface area contributed by atoms with Gasteiger partial charge in [0.05, 0.1) is 31.1 Å². The number of carbonyl (C=O) groups is 2. The van der Waals surface area contributed by atoms with Crippen LogP contribution in [0.4, 0.5) is 5.88 Å². The summed E-state index contributed by atoms with van der Waals surface area (Å²) in [5.41, 5.74) is 2.89. The molecule has 9 heteroatoms. The monoisotopic (exact) mass is 463 g/mol. The molecular formula is C25H25N3O6. The number of nitrogens with zero attached hydrogens (tertiary/aromatic N) is 3. The van der Waals surface area contributed by atoms with Gasteiger partial charge < -0.3 is 9.52 Å². The normalized spacial score (nSPS) is 30.6. The Morgan fingerprint density at radius 2 is 1.76 bits per heavy atom. The first-order valence-electron chi connectivity index (χ1n) is 11.6. The molecule has 4 heterocycles. The number of aliphatic hydroxyl groups is 1. The second-order valence-corrected chi connectivity index (χ2v) is 9.78. The predicted octanol–water partition coefficient (Wildman–Crippen LogP) is 2.59. The number of nitro groups is 1. The SMILES string of the molecule is CN1C(=O)C2C(C1=O)C1C=C(c3ccc(CO)cc3)C2C(C2CC2)N1Cc1ccc([N+](=O)[O-])o1. The molecule has 34 heavy (non-hydrogen) atoms. The maximum atomic E-state index is 13.3. The summed E-state index contributed by atoms with van der Waals surface area (Å²) < 4.78 is 5.47. The number of hydrogen-bond donors (Lipinski definition) is 1. The van der Waals surface area contributed by atoms with Gasteiger partial charge in [-0.2, -0.15) is 0 Å². The van der Waals surface area contributed by atoms with Gasteiger partial charge in [-0.05, 0) is 41.5 Å². The van der Waals surface area contributed by atoms with Crippen molar-refractivity contribution in [1.82, 2.24) is 9.80 Å². The molecule has 3 aliphatic heterocycles.